The van der Waals surface area contributed by atoms with Crippen molar-refractivity contribution in [1.82, 2.24) is 0 Å². The van der Waals surface area contributed by atoms with Gasteiger partial charge < -0.3 is 5.11 Å². The third kappa shape index (κ3) is 2.68. The molecule has 3 heteroatoms. The Morgan fingerprint density at radius 1 is 1.46 bits per heavy atom. The van der Waals surface area contributed by atoms with E-state index in [2.05, 4.69) is 0 Å². The van der Waals surface area contributed by atoms with E-state index in [1.54, 1.807) is 0 Å². The van der Waals surface area contributed by atoms with Crippen molar-refractivity contribution in [2.45, 2.75) is 32.6 Å². The lowest BCUT2D eigenvalue weighted by atomic mass is 9.77. The fraction of sp³-hybridized carbons (Fsp3) is 0.900. The molecule has 0 radical (unpaired) electrons. The third-order valence-electron chi connectivity index (χ3n) is 3.17. The molecule has 1 N–H and O–H groups in total. The van der Waals surface area contributed by atoms with E-state index >= 15 is 0 Å². The molecule has 0 bridgehead atoms. The molecule has 1 aliphatic carbocycles. The van der Waals surface area contributed by atoms with Gasteiger partial charge in [-0.2, -0.15) is 0 Å². The predicted molar refractivity (Wildman–Crippen MR) is 48.2 cm³/mol. The Bertz CT molecular complexity index is 174. The van der Waals surface area contributed by atoms with Gasteiger partial charge in [0.2, 0.25) is 0 Å². The van der Waals surface area contributed by atoms with Crippen LogP contribution in [0.3, 0.4) is 0 Å². The molecule has 1 atom stereocenters. The first-order valence-electron chi connectivity index (χ1n) is 4.94. The number of carboxylic acid groups (broad SMARTS) is 1. The van der Waals surface area contributed by atoms with Gasteiger partial charge in [-0.05, 0) is 37.5 Å². The highest BCUT2D eigenvalue weighted by Crippen LogP contribution is 2.33. The maximum absolute atomic E-state index is 12.3. The summed E-state index contributed by atoms with van der Waals surface area (Å²) < 4.78 is 12.3. The summed E-state index contributed by atoms with van der Waals surface area (Å²) in [5.41, 5.74) is 0. The van der Waals surface area contributed by atoms with Gasteiger partial charge >= 0.3 is 5.97 Å². The molecule has 0 unspecified atom stereocenters. The van der Waals surface area contributed by atoms with Crippen molar-refractivity contribution in [3.63, 3.8) is 0 Å². The minimum Gasteiger partial charge on any atom is -0.481 e. The van der Waals surface area contributed by atoms with E-state index in [0.29, 0.717) is 5.92 Å². The standard InChI is InChI=1S/C10H17FO2/c1-7(6-11)8-2-4-9(5-3-8)10(12)13/h7-9H,2-6H2,1H3,(H,12,13)/t7-,8?,9?/m0/s1. The summed E-state index contributed by atoms with van der Waals surface area (Å²) in [4.78, 5) is 10.6. The van der Waals surface area contributed by atoms with Gasteiger partial charge in [-0.25, -0.2) is 0 Å². The fourth-order valence-corrected chi connectivity index (χ4v) is 2.06. The Labute approximate surface area is 78.1 Å². The lowest BCUT2D eigenvalue weighted by Crippen LogP contribution is -2.25. The first kappa shape index (κ1) is 10.5. The zero-order valence-corrected chi connectivity index (χ0v) is 8.00. The molecule has 2 nitrogen and oxygen atoms in total. The molecule has 0 aromatic rings. The summed E-state index contributed by atoms with van der Waals surface area (Å²) in [5, 5.41) is 8.75. The van der Waals surface area contributed by atoms with Crippen LogP contribution in [0, 0.1) is 17.8 Å². The van der Waals surface area contributed by atoms with Gasteiger partial charge in [0.1, 0.15) is 0 Å². The van der Waals surface area contributed by atoms with Gasteiger partial charge in [-0.1, -0.05) is 6.92 Å². The van der Waals surface area contributed by atoms with E-state index < -0.39 is 5.97 Å². The summed E-state index contributed by atoms with van der Waals surface area (Å²) in [6.07, 6.45) is 3.21. The molecule has 13 heavy (non-hydrogen) atoms. The van der Waals surface area contributed by atoms with Crippen LogP contribution in [0.2, 0.25) is 0 Å². The number of carboxylic acids is 1. The lowest BCUT2D eigenvalue weighted by molar-refractivity contribution is -0.143. The Kier molecular flexibility index (Phi) is 3.70. The zero-order chi connectivity index (χ0) is 9.84. The van der Waals surface area contributed by atoms with Gasteiger partial charge in [0, 0.05) is 0 Å². The van der Waals surface area contributed by atoms with Crippen LogP contribution in [0.5, 0.6) is 0 Å². The van der Waals surface area contributed by atoms with Gasteiger partial charge in [0.15, 0.2) is 0 Å². The second-order valence-corrected chi connectivity index (χ2v) is 4.08. The van der Waals surface area contributed by atoms with Crippen molar-refractivity contribution in [2.24, 2.45) is 17.8 Å². The molecule has 0 spiro atoms. The molecule has 0 aliphatic heterocycles. The zero-order valence-electron chi connectivity index (χ0n) is 8.00. The summed E-state index contributed by atoms with van der Waals surface area (Å²) in [7, 11) is 0. The van der Waals surface area contributed by atoms with E-state index in [4.69, 9.17) is 5.11 Å². The van der Waals surface area contributed by atoms with Crippen molar-refractivity contribution >= 4 is 5.97 Å². The van der Waals surface area contributed by atoms with Gasteiger partial charge in [-0.15, -0.1) is 0 Å². The first-order chi connectivity index (χ1) is 6.15. The fourth-order valence-electron chi connectivity index (χ4n) is 2.06. The van der Waals surface area contributed by atoms with E-state index in [1.807, 2.05) is 6.92 Å². The van der Waals surface area contributed by atoms with Gasteiger partial charge in [0.25, 0.3) is 0 Å². The Hall–Kier alpha value is -0.600. The molecule has 0 amide bonds. The van der Waals surface area contributed by atoms with Crippen LogP contribution in [-0.4, -0.2) is 17.8 Å². The molecule has 1 saturated carbocycles. The normalized spacial score (nSPS) is 31.2. The molecular weight excluding hydrogens is 171 g/mol. The van der Waals surface area contributed by atoms with Crippen molar-refractivity contribution in [3.8, 4) is 0 Å². The molecule has 1 rings (SSSR count). The number of hydrogen-bond donors (Lipinski definition) is 1. The number of halogens is 1. The monoisotopic (exact) mass is 188 g/mol. The second-order valence-electron chi connectivity index (χ2n) is 4.08. The molecule has 1 fully saturated rings. The summed E-state index contributed by atoms with van der Waals surface area (Å²) in [6.45, 7) is 1.63. The van der Waals surface area contributed by atoms with Crippen LogP contribution in [0.15, 0.2) is 0 Å². The largest absolute Gasteiger partial charge is 0.481 e. The van der Waals surface area contributed by atoms with Crippen LogP contribution < -0.4 is 0 Å². The van der Waals surface area contributed by atoms with Crippen LogP contribution in [0.4, 0.5) is 4.39 Å². The summed E-state index contributed by atoms with van der Waals surface area (Å²) in [6, 6.07) is 0. The quantitative estimate of drug-likeness (QED) is 0.738. The molecule has 0 heterocycles. The van der Waals surface area contributed by atoms with Crippen molar-refractivity contribution in [2.75, 3.05) is 6.67 Å². The van der Waals surface area contributed by atoms with Crippen LogP contribution in [0.25, 0.3) is 0 Å². The first-order valence-corrected chi connectivity index (χ1v) is 4.94. The summed E-state index contributed by atoms with van der Waals surface area (Å²) in [5.74, 6) is -0.357. The molecular formula is C10H17FO2. The molecule has 0 saturated heterocycles. The highest BCUT2D eigenvalue weighted by atomic mass is 19.1. The number of carbonyl (C=O) groups is 1. The molecule has 1 aliphatic rings. The van der Waals surface area contributed by atoms with Gasteiger partial charge in [0.05, 0.1) is 12.6 Å². The highest BCUT2D eigenvalue weighted by Gasteiger charge is 2.28. The van der Waals surface area contributed by atoms with Crippen LogP contribution in [-0.2, 0) is 4.79 Å². The molecule has 0 aromatic carbocycles. The van der Waals surface area contributed by atoms with Crippen LogP contribution in [0.1, 0.15) is 32.6 Å². The number of rotatable bonds is 3. The number of hydrogen-bond acceptors (Lipinski definition) is 1. The highest BCUT2D eigenvalue weighted by molar-refractivity contribution is 5.69. The smallest absolute Gasteiger partial charge is 0.306 e. The SMILES string of the molecule is C[C@@H](CF)C1CCC(C(=O)O)CC1. The average molecular weight is 188 g/mol. The average Bonchev–Trinajstić information content (AvgIpc) is 2.17. The third-order valence-corrected chi connectivity index (χ3v) is 3.17. The van der Waals surface area contributed by atoms with Gasteiger partial charge in [-0.3, -0.25) is 9.18 Å². The Morgan fingerprint density at radius 3 is 2.38 bits per heavy atom. The van der Waals surface area contributed by atoms with Crippen molar-refractivity contribution < 1.29 is 14.3 Å². The minimum absolute atomic E-state index is 0.106. The number of aliphatic carboxylic acids is 1. The van der Waals surface area contributed by atoms with Crippen molar-refractivity contribution in [1.29, 1.82) is 0 Å². The Balaban J connectivity index is 2.34. The van der Waals surface area contributed by atoms with E-state index in [9.17, 15) is 9.18 Å². The molecule has 76 valence electrons. The summed E-state index contributed by atoms with van der Waals surface area (Å²) >= 11 is 0. The van der Waals surface area contributed by atoms with E-state index in [0.717, 1.165) is 25.7 Å². The predicted octanol–water partition coefficient (Wildman–Crippen LogP) is 2.48. The maximum Gasteiger partial charge on any atom is 0.306 e. The van der Waals surface area contributed by atoms with E-state index in [-0.39, 0.29) is 18.5 Å². The van der Waals surface area contributed by atoms with Crippen molar-refractivity contribution in [3.05, 3.63) is 0 Å². The lowest BCUT2D eigenvalue weighted by Gasteiger charge is -2.29. The van der Waals surface area contributed by atoms with Crippen LogP contribution >= 0.6 is 0 Å². The number of alkyl halides is 1. The Morgan fingerprint density at radius 2 is 2.00 bits per heavy atom. The topological polar surface area (TPSA) is 37.3 Å². The van der Waals surface area contributed by atoms with E-state index in [1.165, 1.54) is 0 Å². The minimum atomic E-state index is -0.689. The molecule has 0 aromatic heterocycles. The second kappa shape index (κ2) is 4.58. The maximum atomic E-state index is 12.3.